The van der Waals surface area contributed by atoms with E-state index in [9.17, 15) is 10.1 Å². The van der Waals surface area contributed by atoms with Gasteiger partial charge >= 0.3 is 0 Å². The molecule has 0 fully saturated rings. The van der Waals surface area contributed by atoms with Crippen molar-refractivity contribution in [3.8, 4) is 0 Å². The Morgan fingerprint density at radius 1 is 1.55 bits per heavy atom. The fourth-order valence-electron chi connectivity index (χ4n) is 1.87. The second-order valence-electron chi connectivity index (χ2n) is 5.20. The van der Waals surface area contributed by atoms with Gasteiger partial charge in [0.25, 0.3) is 6.54 Å². The van der Waals surface area contributed by atoms with Gasteiger partial charge in [-0.05, 0) is 32.6 Å². The van der Waals surface area contributed by atoms with Crippen LogP contribution in [-0.2, 0) is 12.3 Å². The summed E-state index contributed by atoms with van der Waals surface area (Å²) < 4.78 is 5.83. The standard InChI is InChI=1S/C14H24N4O3S/c1-11-7-12(21-13(11)8-17(3)4)10-22-6-5-16-14(15-2)9-18(19)20/h7H,5-6,8-10H2,1-4H3,(H,15,16). The first-order chi connectivity index (χ1) is 10.4. The molecule has 1 N–H and O–H groups in total. The minimum Gasteiger partial charge on any atom is -0.464 e. The van der Waals surface area contributed by atoms with Crippen molar-refractivity contribution < 1.29 is 9.34 Å². The molecule has 0 radical (unpaired) electrons. The maximum absolute atomic E-state index is 10.4. The highest BCUT2D eigenvalue weighted by molar-refractivity contribution is 7.98. The van der Waals surface area contributed by atoms with Crippen LogP contribution in [0.1, 0.15) is 17.1 Å². The van der Waals surface area contributed by atoms with Crippen molar-refractivity contribution in [2.45, 2.75) is 19.2 Å². The summed E-state index contributed by atoms with van der Waals surface area (Å²) in [7, 11) is 5.58. The number of nitrogens with zero attached hydrogens (tertiary/aromatic N) is 3. The second-order valence-corrected chi connectivity index (χ2v) is 6.30. The number of hydrogen-bond acceptors (Lipinski definition) is 6. The van der Waals surface area contributed by atoms with Crippen molar-refractivity contribution in [3.63, 3.8) is 0 Å². The Kier molecular flexibility index (Phi) is 7.97. The molecule has 0 bridgehead atoms. The molecule has 0 atom stereocenters. The molecule has 22 heavy (non-hydrogen) atoms. The third kappa shape index (κ3) is 6.95. The lowest BCUT2D eigenvalue weighted by Gasteiger charge is -2.07. The summed E-state index contributed by atoms with van der Waals surface area (Å²) in [5.74, 6) is 4.01. The van der Waals surface area contributed by atoms with Crippen LogP contribution in [0.25, 0.3) is 0 Å². The lowest BCUT2D eigenvalue weighted by Crippen LogP contribution is -2.31. The average molecular weight is 328 g/mol. The SMILES string of the molecule is CN=C(C[N+](=O)[O-])NCCSCc1cc(C)c(CN(C)C)o1. The Bertz CT molecular complexity index is 514. The first kappa shape index (κ1) is 18.5. The van der Waals surface area contributed by atoms with Crippen molar-refractivity contribution in [1.82, 2.24) is 10.2 Å². The average Bonchev–Trinajstić information content (AvgIpc) is 2.76. The van der Waals surface area contributed by atoms with E-state index in [1.165, 1.54) is 5.56 Å². The predicted octanol–water partition coefficient (Wildman–Crippen LogP) is 1.78. The molecule has 8 heteroatoms. The maximum atomic E-state index is 10.4. The third-order valence-corrected chi connectivity index (χ3v) is 3.88. The van der Waals surface area contributed by atoms with Gasteiger partial charge in [-0.25, -0.2) is 0 Å². The molecule has 1 heterocycles. The molecule has 0 saturated carbocycles. The summed E-state index contributed by atoms with van der Waals surface area (Å²) in [6.07, 6.45) is 0. The van der Waals surface area contributed by atoms with E-state index in [4.69, 9.17) is 4.42 Å². The van der Waals surface area contributed by atoms with Crippen molar-refractivity contribution in [2.24, 2.45) is 4.99 Å². The van der Waals surface area contributed by atoms with Gasteiger partial charge in [-0.2, -0.15) is 11.8 Å². The van der Waals surface area contributed by atoms with Crippen LogP contribution in [0.2, 0.25) is 0 Å². The van der Waals surface area contributed by atoms with Crippen LogP contribution in [-0.4, -0.2) is 55.6 Å². The molecule has 1 aromatic heterocycles. The first-order valence-electron chi connectivity index (χ1n) is 7.04. The number of hydrogen-bond donors (Lipinski definition) is 1. The highest BCUT2D eigenvalue weighted by atomic mass is 32.2. The largest absolute Gasteiger partial charge is 0.464 e. The van der Waals surface area contributed by atoms with Gasteiger partial charge in [0.1, 0.15) is 11.5 Å². The van der Waals surface area contributed by atoms with E-state index < -0.39 is 0 Å². The summed E-state index contributed by atoms with van der Waals surface area (Å²) in [5.41, 5.74) is 1.17. The van der Waals surface area contributed by atoms with Gasteiger partial charge in [0.2, 0.25) is 0 Å². The topological polar surface area (TPSA) is 83.9 Å². The number of thioether (sulfide) groups is 1. The summed E-state index contributed by atoms with van der Waals surface area (Å²) in [6, 6.07) is 2.07. The summed E-state index contributed by atoms with van der Waals surface area (Å²) in [5, 5.41) is 13.4. The molecular weight excluding hydrogens is 304 g/mol. The zero-order valence-corrected chi connectivity index (χ0v) is 14.4. The molecule has 0 aliphatic carbocycles. The normalized spacial score (nSPS) is 12.0. The lowest BCUT2D eigenvalue weighted by molar-refractivity contribution is -0.463. The molecular formula is C14H24N4O3S. The predicted molar refractivity (Wildman–Crippen MR) is 90.2 cm³/mol. The van der Waals surface area contributed by atoms with Gasteiger partial charge in [-0.15, -0.1) is 0 Å². The third-order valence-electron chi connectivity index (χ3n) is 2.90. The van der Waals surface area contributed by atoms with E-state index in [0.29, 0.717) is 12.4 Å². The minimum absolute atomic E-state index is 0.257. The van der Waals surface area contributed by atoms with Gasteiger partial charge < -0.3 is 14.6 Å². The summed E-state index contributed by atoms with van der Waals surface area (Å²) in [4.78, 5) is 16.0. The molecule has 0 aliphatic heterocycles. The van der Waals surface area contributed by atoms with Crippen LogP contribution in [0, 0.1) is 17.0 Å². The van der Waals surface area contributed by atoms with Crippen LogP contribution in [0.4, 0.5) is 0 Å². The molecule has 0 amide bonds. The number of aryl methyl sites for hydroxylation is 1. The number of aliphatic imine (C=N–C) groups is 1. The molecule has 0 aliphatic rings. The number of amidine groups is 1. The molecule has 124 valence electrons. The molecule has 0 spiro atoms. The quantitative estimate of drug-likeness (QED) is 0.244. The summed E-state index contributed by atoms with van der Waals surface area (Å²) >= 11 is 1.72. The number of nitrogens with one attached hydrogen (secondary N) is 1. The number of furan rings is 1. The molecule has 0 unspecified atom stereocenters. The van der Waals surface area contributed by atoms with Crippen LogP contribution in [0.5, 0.6) is 0 Å². The fourth-order valence-corrected chi connectivity index (χ4v) is 2.61. The highest BCUT2D eigenvalue weighted by Gasteiger charge is 2.09. The Hall–Kier alpha value is -1.54. The van der Waals surface area contributed by atoms with Gasteiger partial charge in [0.05, 0.1) is 12.3 Å². The van der Waals surface area contributed by atoms with E-state index in [2.05, 4.69) is 28.2 Å². The van der Waals surface area contributed by atoms with Crippen molar-refractivity contribution in [3.05, 3.63) is 33.3 Å². The smallest absolute Gasteiger partial charge is 0.259 e. The Balaban J connectivity index is 2.29. The minimum atomic E-state index is -0.389. The lowest BCUT2D eigenvalue weighted by atomic mass is 10.2. The molecule has 0 aromatic carbocycles. The Labute approximate surface area is 135 Å². The number of nitro groups is 1. The van der Waals surface area contributed by atoms with E-state index in [-0.39, 0.29) is 11.5 Å². The molecule has 0 saturated heterocycles. The zero-order valence-electron chi connectivity index (χ0n) is 13.6. The van der Waals surface area contributed by atoms with Crippen molar-refractivity contribution in [2.75, 3.05) is 40.0 Å². The Morgan fingerprint density at radius 2 is 2.27 bits per heavy atom. The van der Waals surface area contributed by atoms with Crippen molar-refractivity contribution in [1.29, 1.82) is 0 Å². The highest BCUT2D eigenvalue weighted by Crippen LogP contribution is 2.20. The van der Waals surface area contributed by atoms with E-state index in [0.717, 1.165) is 29.6 Å². The zero-order chi connectivity index (χ0) is 16.5. The first-order valence-corrected chi connectivity index (χ1v) is 8.19. The van der Waals surface area contributed by atoms with E-state index in [1.807, 2.05) is 14.1 Å². The molecule has 1 aromatic rings. The van der Waals surface area contributed by atoms with Gasteiger partial charge in [-0.1, -0.05) is 0 Å². The van der Waals surface area contributed by atoms with Crippen LogP contribution in [0.15, 0.2) is 15.5 Å². The molecule has 1 rings (SSSR count). The summed E-state index contributed by atoms with van der Waals surface area (Å²) in [6.45, 7) is 3.25. The van der Waals surface area contributed by atoms with Crippen molar-refractivity contribution >= 4 is 17.6 Å². The van der Waals surface area contributed by atoms with Gasteiger partial charge in [0, 0.05) is 24.3 Å². The van der Waals surface area contributed by atoms with Gasteiger partial charge in [-0.3, -0.25) is 15.1 Å². The van der Waals surface area contributed by atoms with Crippen LogP contribution in [0.3, 0.4) is 0 Å². The van der Waals surface area contributed by atoms with E-state index in [1.54, 1.807) is 18.8 Å². The fraction of sp³-hybridized carbons (Fsp3) is 0.643. The monoisotopic (exact) mass is 328 g/mol. The number of rotatable bonds is 9. The van der Waals surface area contributed by atoms with Crippen LogP contribution < -0.4 is 5.32 Å². The maximum Gasteiger partial charge on any atom is 0.259 e. The van der Waals surface area contributed by atoms with Gasteiger partial charge in [0.15, 0.2) is 5.84 Å². The molecule has 7 nitrogen and oxygen atoms in total. The second kappa shape index (κ2) is 9.47. The Morgan fingerprint density at radius 3 is 2.86 bits per heavy atom. The van der Waals surface area contributed by atoms with E-state index >= 15 is 0 Å². The van der Waals surface area contributed by atoms with Crippen LogP contribution >= 0.6 is 11.8 Å².